The van der Waals surface area contributed by atoms with Gasteiger partial charge in [-0.25, -0.2) is 8.42 Å². The maximum absolute atomic E-state index is 13.2. The molecular formula is C28H43NO3S. The van der Waals surface area contributed by atoms with E-state index in [0.717, 1.165) is 12.0 Å². The molecule has 0 aromatic heterocycles. The highest BCUT2D eigenvalue weighted by atomic mass is 32.2. The zero-order valence-electron chi connectivity index (χ0n) is 21.5. The Hall–Kier alpha value is -1.95. The van der Waals surface area contributed by atoms with Crippen LogP contribution in [0.3, 0.4) is 0 Å². The summed E-state index contributed by atoms with van der Waals surface area (Å²) in [5.74, 6) is 0. The number of sulfone groups is 1. The minimum atomic E-state index is -3.54. The number of aliphatic hydroxyl groups excluding tert-OH is 1. The summed E-state index contributed by atoms with van der Waals surface area (Å²) in [4.78, 5) is 0.312. The molecule has 0 aliphatic heterocycles. The van der Waals surface area contributed by atoms with E-state index in [1.54, 1.807) is 37.3 Å². The summed E-state index contributed by atoms with van der Waals surface area (Å²) in [5, 5.41) is 11.4. The highest BCUT2D eigenvalue weighted by molar-refractivity contribution is 7.92. The molecule has 4 nitrogen and oxygen atoms in total. The second-order valence-electron chi connectivity index (χ2n) is 9.43. The van der Waals surface area contributed by atoms with E-state index in [4.69, 9.17) is 0 Å². The maximum Gasteiger partial charge on any atom is 0.185 e. The molecule has 184 valence electrons. The first-order valence-electron chi connectivity index (χ1n) is 11.7. The first-order chi connectivity index (χ1) is 15.5. The summed E-state index contributed by atoms with van der Waals surface area (Å²) in [7, 11) is 0.212. The minimum Gasteiger partial charge on any atom is -0.392 e. The highest BCUT2D eigenvalue weighted by Crippen LogP contribution is 2.40. The Morgan fingerprint density at radius 3 is 2.30 bits per heavy atom. The fourth-order valence-electron chi connectivity index (χ4n) is 4.19. The van der Waals surface area contributed by atoms with Crippen LogP contribution >= 0.6 is 0 Å². The number of nitrogens with one attached hydrogen (secondary N) is 1. The summed E-state index contributed by atoms with van der Waals surface area (Å²) in [6.45, 7) is 10.4. The van der Waals surface area contributed by atoms with Crippen LogP contribution in [0.5, 0.6) is 0 Å². The Bertz CT molecular complexity index is 968. The second-order valence-corrected chi connectivity index (χ2v) is 11.6. The van der Waals surface area contributed by atoms with Gasteiger partial charge in [-0.1, -0.05) is 73.1 Å². The monoisotopic (exact) mass is 473 g/mol. The molecule has 2 rings (SSSR count). The third-order valence-electron chi connectivity index (χ3n) is 6.08. The van der Waals surface area contributed by atoms with Crippen LogP contribution in [-0.4, -0.2) is 39.5 Å². The fraction of sp³-hybridized carbons (Fsp3) is 0.500. The van der Waals surface area contributed by atoms with Crippen molar-refractivity contribution in [2.24, 2.45) is 5.41 Å². The lowest BCUT2D eigenvalue weighted by molar-refractivity contribution is 0.341. The number of aliphatic hydroxyl groups is 1. The molecule has 0 fully saturated rings. The molecule has 5 heteroatoms. The average molecular weight is 474 g/mol. The summed E-state index contributed by atoms with van der Waals surface area (Å²) < 4.78 is 26.4. The lowest BCUT2D eigenvalue weighted by Gasteiger charge is -2.33. The predicted octanol–water partition coefficient (Wildman–Crippen LogP) is 6.02. The van der Waals surface area contributed by atoms with E-state index >= 15 is 0 Å². The number of rotatable bonds is 8. The summed E-state index contributed by atoms with van der Waals surface area (Å²) in [5.41, 5.74) is 4.73. The molecule has 1 unspecified atom stereocenters. The van der Waals surface area contributed by atoms with Gasteiger partial charge < -0.3 is 10.4 Å². The van der Waals surface area contributed by atoms with Gasteiger partial charge in [-0.15, -0.1) is 0 Å². The van der Waals surface area contributed by atoms with Crippen molar-refractivity contribution in [3.63, 3.8) is 0 Å². The van der Waals surface area contributed by atoms with Gasteiger partial charge in [0.2, 0.25) is 0 Å². The minimum absolute atomic E-state index is 0.169. The number of benzene rings is 1. The molecule has 2 N–H and O–H groups in total. The van der Waals surface area contributed by atoms with E-state index in [2.05, 4.69) is 38.2 Å². The first-order valence-corrected chi connectivity index (χ1v) is 13.3. The molecule has 0 saturated carbocycles. The molecule has 1 aliphatic carbocycles. The standard InChI is InChI=1S/C26H36O3S.C2H7N/c1-20(13-15-24-21(2)10-9-18-26(24,4)5)14-16-25(22(3)17-19-27)30(28,29)23-11-7-6-8-12-23;1-3-2/h6-8,11-15,17,25,27H,9-10,16,18-19H2,1-5H3;3H,1-2H3. The molecule has 1 aromatic carbocycles. The molecule has 33 heavy (non-hydrogen) atoms. The van der Waals surface area contributed by atoms with Crippen molar-refractivity contribution >= 4 is 9.84 Å². The lowest BCUT2D eigenvalue weighted by atomic mass is 9.72. The van der Waals surface area contributed by atoms with Gasteiger partial charge in [-0.05, 0) is 83.7 Å². The van der Waals surface area contributed by atoms with Crippen molar-refractivity contribution in [2.75, 3.05) is 20.7 Å². The van der Waals surface area contributed by atoms with E-state index in [-0.39, 0.29) is 12.0 Å². The van der Waals surface area contributed by atoms with Crippen LogP contribution in [0.1, 0.15) is 60.3 Å². The Morgan fingerprint density at radius 1 is 1.15 bits per heavy atom. The van der Waals surface area contributed by atoms with Crippen LogP contribution in [0.15, 0.2) is 81.8 Å². The van der Waals surface area contributed by atoms with Gasteiger partial charge in [-0.3, -0.25) is 0 Å². The van der Waals surface area contributed by atoms with Gasteiger partial charge >= 0.3 is 0 Å². The van der Waals surface area contributed by atoms with Crippen LogP contribution in [0, 0.1) is 5.41 Å². The molecule has 0 spiro atoms. The van der Waals surface area contributed by atoms with Gasteiger partial charge in [0.1, 0.15) is 0 Å². The van der Waals surface area contributed by atoms with E-state index in [0.29, 0.717) is 16.9 Å². The Balaban J connectivity index is 0.00000172. The molecule has 1 aromatic rings. The van der Waals surface area contributed by atoms with Crippen molar-refractivity contribution in [1.29, 1.82) is 0 Å². The molecule has 0 heterocycles. The van der Waals surface area contributed by atoms with Crippen molar-refractivity contribution in [2.45, 2.75) is 70.4 Å². The topological polar surface area (TPSA) is 66.4 Å². The molecule has 1 aliphatic rings. The number of hydrogen-bond acceptors (Lipinski definition) is 4. The van der Waals surface area contributed by atoms with E-state index < -0.39 is 15.1 Å². The van der Waals surface area contributed by atoms with E-state index in [1.807, 2.05) is 33.2 Å². The Kier molecular flexibility index (Phi) is 12.1. The van der Waals surface area contributed by atoms with Crippen LogP contribution < -0.4 is 5.32 Å². The van der Waals surface area contributed by atoms with Crippen LogP contribution in [0.2, 0.25) is 0 Å². The zero-order valence-corrected chi connectivity index (χ0v) is 22.3. The first kappa shape index (κ1) is 29.1. The van der Waals surface area contributed by atoms with Crippen LogP contribution in [0.4, 0.5) is 0 Å². The largest absolute Gasteiger partial charge is 0.392 e. The van der Waals surface area contributed by atoms with Crippen LogP contribution in [0.25, 0.3) is 0 Å². The van der Waals surface area contributed by atoms with Crippen molar-refractivity contribution in [1.82, 2.24) is 5.32 Å². The lowest BCUT2D eigenvalue weighted by Crippen LogP contribution is -2.22. The third kappa shape index (κ3) is 8.73. The van der Waals surface area contributed by atoms with Gasteiger partial charge in [0.25, 0.3) is 0 Å². The molecule has 0 radical (unpaired) electrons. The van der Waals surface area contributed by atoms with Gasteiger partial charge in [0.05, 0.1) is 16.8 Å². The van der Waals surface area contributed by atoms with Gasteiger partial charge in [-0.2, -0.15) is 0 Å². The Labute approximate surface area is 202 Å². The van der Waals surface area contributed by atoms with Crippen molar-refractivity contribution < 1.29 is 13.5 Å². The molecule has 0 bridgehead atoms. The van der Waals surface area contributed by atoms with Crippen molar-refractivity contribution in [3.8, 4) is 0 Å². The summed E-state index contributed by atoms with van der Waals surface area (Å²) in [6, 6.07) is 8.54. The summed E-state index contributed by atoms with van der Waals surface area (Å²) in [6.07, 6.45) is 11.8. The van der Waals surface area contributed by atoms with E-state index in [1.165, 1.54) is 24.0 Å². The van der Waals surface area contributed by atoms with Gasteiger partial charge in [0.15, 0.2) is 9.84 Å². The van der Waals surface area contributed by atoms with Gasteiger partial charge in [0, 0.05) is 0 Å². The molecule has 0 amide bonds. The third-order valence-corrected chi connectivity index (χ3v) is 8.32. The normalized spacial score (nSPS) is 18.2. The summed E-state index contributed by atoms with van der Waals surface area (Å²) >= 11 is 0. The predicted molar refractivity (Wildman–Crippen MR) is 141 cm³/mol. The highest BCUT2D eigenvalue weighted by Gasteiger charge is 2.28. The maximum atomic E-state index is 13.2. The molecule has 1 atom stereocenters. The number of allylic oxidation sites excluding steroid dienone is 6. The number of hydrogen-bond donors (Lipinski definition) is 2. The average Bonchev–Trinajstić information content (AvgIpc) is 2.74. The van der Waals surface area contributed by atoms with Crippen molar-refractivity contribution in [3.05, 3.63) is 76.9 Å². The smallest absolute Gasteiger partial charge is 0.185 e. The second kappa shape index (κ2) is 13.7. The quantitative estimate of drug-likeness (QED) is 0.358. The zero-order chi connectivity index (χ0) is 25.1. The molecule has 0 saturated heterocycles. The Morgan fingerprint density at radius 2 is 1.76 bits per heavy atom. The van der Waals surface area contributed by atoms with E-state index in [9.17, 15) is 13.5 Å². The molecular weight excluding hydrogens is 430 g/mol. The van der Waals surface area contributed by atoms with Crippen LogP contribution in [-0.2, 0) is 9.84 Å². The SMILES string of the molecule is CC(C=CC1=C(C)CCCC1(C)C)=CCC(C(C)=CCO)S(=O)(=O)c1ccccc1.CNC. The fourth-order valence-corrected chi connectivity index (χ4v) is 5.99.